The second-order valence-electron chi connectivity index (χ2n) is 9.06. The molecule has 35 heavy (non-hydrogen) atoms. The number of nitrogens with zero attached hydrogens (tertiary/aromatic N) is 1. The van der Waals surface area contributed by atoms with Crippen LogP contribution >= 0.6 is 0 Å². The van der Waals surface area contributed by atoms with Crippen LogP contribution < -0.4 is 10.6 Å². The van der Waals surface area contributed by atoms with Crippen molar-refractivity contribution in [3.05, 3.63) is 113 Å². The molecule has 0 saturated carbocycles. The van der Waals surface area contributed by atoms with Gasteiger partial charge in [0.25, 0.3) is 0 Å². The van der Waals surface area contributed by atoms with Gasteiger partial charge < -0.3 is 0 Å². The predicted molar refractivity (Wildman–Crippen MR) is 155 cm³/mol. The summed E-state index contributed by atoms with van der Waals surface area (Å²) in [7, 11) is 0. The van der Waals surface area contributed by atoms with Crippen molar-refractivity contribution in [2.45, 2.75) is 59.3 Å². The molecule has 0 aliphatic carbocycles. The molecule has 0 fully saturated rings. The highest BCUT2D eigenvalue weighted by Gasteiger charge is 2.04. The zero-order valence-electron chi connectivity index (χ0n) is 21.7. The van der Waals surface area contributed by atoms with Crippen LogP contribution in [0, 0.1) is 0 Å². The summed E-state index contributed by atoms with van der Waals surface area (Å²) in [5, 5.41) is 1.77. The van der Waals surface area contributed by atoms with Crippen LogP contribution in [0.2, 0.25) is 0 Å². The minimum Gasteiger partial charge on any atom is -0.248 e. The highest BCUT2D eigenvalue weighted by atomic mass is 14.7. The summed E-state index contributed by atoms with van der Waals surface area (Å²) in [6, 6.07) is 21.8. The second-order valence-corrected chi connectivity index (χ2v) is 9.06. The van der Waals surface area contributed by atoms with Gasteiger partial charge in [-0.05, 0) is 72.2 Å². The molecule has 1 heterocycles. The van der Waals surface area contributed by atoms with Gasteiger partial charge in [0, 0.05) is 10.8 Å². The summed E-state index contributed by atoms with van der Waals surface area (Å²) in [5.41, 5.74) is 8.12. The zero-order valence-corrected chi connectivity index (χ0v) is 21.7. The van der Waals surface area contributed by atoms with E-state index in [9.17, 15) is 0 Å². The molecule has 0 unspecified atom stereocenters. The lowest BCUT2D eigenvalue weighted by atomic mass is 9.98. The molecule has 0 atom stereocenters. The van der Waals surface area contributed by atoms with E-state index in [4.69, 9.17) is 4.98 Å². The molecular weight excluding hydrogens is 422 g/mol. The Kier molecular flexibility index (Phi) is 10.0. The van der Waals surface area contributed by atoms with Crippen molar-refractivity contribution in [1.82, 2.24) is 4.98 Å². The minimum atomic E-state index is 0.767. The van der Waals surface area contributed by atoms with Gasteiger partial charge in [0.15, 0.2) is 0 Å². The van der Waals surface area contributed by atoms with Crippen molar-refractivity contribution in [2.24, 2.45) is 0 Å². The normalized spacial score (nSPS) is 12.4. The number of pyridine rings is 1. The molecule has 2 aromatic carbocycles. The fourth-order valence-corrected chi connectivity index (χ4v) is 4.23. The van der Waals surface area contributed by atoms with Crippen LogP contribution in [-0.4, -0.2) is 4.98 Å². The van der Waals surface area contributed by atoms with Gasteiger partial charge in [0.2, 0.25) is 0 Å². The van der Waals surface area contributed by atoms with Crippen LogP contribution in [0.5, 0.6) is 0 Å². The van der Waals surface area contributed by atoms with Gasteiger partial charge >= 0.3 is 0 Å². The molecule has 0 bridgehead atoms. The third-order valence-corrected chi connectivity index (χ3v) is 6.39. The van der Waals surface area contributed by atoms with Crippen LogP contribution in [-0.2, 0) is 6.42 Å². The Morgan fingerprint density at radius 1 is 0.886 bits per heavy atom. The van der Waals surface area contributed by atoms with Crippen molar-refractivity contribution < 1.29 is 0 Å². The Bertz CT molecular complexity index is 1290. The number of allylic oxidation sites excluding steroid dienone is 5. The molecule has 180 valence electrons. The lowest BCUT2D eigenvalue weighted by Gasteiger charge is -2.08. The van der Waals surface area contributed by atoms with E-state index in [0.717, 1.165) is 40.2 Å². The number of benzene rings is 2. The van der Waals surface area contributed by atoms with Crippen LogP contribution in [0.15, 0.2) is 96.6 Å². The van der Waals surface area contributed by atoms with E-state index in [1.54, 1.807) is 0 Å². The summed E-state index contributed by atoms with van der Waals surface area (Å²) in [5.74, 6) is 0. The van der Waals surface area contributed by atoms with Gasteiger partial charge in [-0.15, -0.1) is 0 Å². The number of aromatic nitrogens is 1. The predicted octanol–water partition coefficient (Wildman–Crippen LogP) is 8.20. The third-order valence-electron chi connectivity index (χ3n) is 6.39. The standard InChI is InChI=1S/C34H39N/c1-6-9-11-12-14-28-18-20-30(21-19-28)32-16-13-17-33(25-32)34-23-22-31(27(5)35-34)24-26(4)29(8-3)15-10-7-2/h7,10,13,15-25H,4-6,8-9,11-12,14H2,1-3H3/b10-7-,29-15+,31-24-. The molecule has 0 aliphatic rings. The number of hydrogen-bond donors (Lipinski definition) is 0. The summed E-state index contributed by atoms with van der Waals surface area (Å²) in [4.78, 5) is 4.82. The number of aryl methyl sites for hydroxylation is 1. The molecule has 1 aromatic heterocycles. The van der Waals surface area contributed by atoms with E-state index in [-0.39, 0.29) is 0 Å². The van der Waals surface area contributed by atoms with Crippen molar-refractivity contribution in [1.29, 1.82) is 0 Å². The molecule has 0 spiro atoms. The number of unbranched alkanes of at least 4 members (excludes halogenated alkanes) is 3. The first-order valence-corrected chi connectivity index (χ1v) is 12.9. The number of rotatable bonds is 11. The lowest BCUT2D eigenvalue weighted by molar-refractivity contribution is 0.667. The Morgan fingerprint density at radius 3 is 2.34 bits per heavy atom. The van der Waals surface area contributed by atoms with Gasteiger partial charge in [-0.1, -0.05) is 113 Å². The van der Waals surface area contributed by atoms with Crippen molar-refractivity contribution >= 4 is 12.7 Å². The van der Waals surface area contributed by atoms with E-state index < -0.39 is 0 Å². The number of hydrogen-bond acceptors (Lipinski definition) is 1. The van der Waals surface area contributed by atoms with Gasteiger partial charge in [-0.2, -0.15) is 0 Å². The average molecular weight is 462 g/mol. The fraction of sp³-hybridized carbons (Fsp3) is 0.265. The first-order valence-electron chi connectivity index (χ1n) is 12.9. The van der Waals surface area contributed by atoms with Crippen molar-refractivity contribution in [3.63, 3.8) is 0 Å². The molecule has 0 amide bonds. The van der Waals surface area contributed by atoms with Gasteiger partial charge in [-0.25, -0.2) is 4.98 Å². The lowest BCUT2D eigenvalue weighted by Crippen LogP contribution is -2.26. The highest BCUT2D eigenvalue weighted by molar-refractivity contribution is 5.71. The molecule has 3 rings (SSSR count). The molecule has 3 aromatic rings. The van der Waals surface area contributed by atoms with Crippen molar-refractivity contribution in [2.75, 3.05) is 0 Å². The highest BCUT2D eigenvalue weighted by Crippen LogP contribution is 2.25. The van der Waals surface area contributed by atoms with E-state index >= 15 is 0 Å². The third kappa shape index (κ3) is 7.52. The molecule has 0 saturated heterocycles. The van der Waals surface area contributed by atoms with Crippen LogP contribution in [0.4, 0.5) is 0 Å². The van der Waals surface area contributed by atoms with E-state index in [2.05, 4.69) is 106 Å². The first kappa shape index (κ1) is 26.2. The van der Waals surface area contributed by atoms with Gasteiger partial charge in [0.05, 0.1) is 11.0 Å². The van der Waals surface area contributed by atoms with Gasteiger partial charge in [-0.3, -0.25) is 0 Å². The topological polar surface area (TPSA) is 12.9 Å². The summed E-state index contributed by atoms with van der Waals surface area (Å²) < 4.78 is 0. The molecule has 0 aliphatic heterocycles. The molecule has 1 nitrogen and oxygen atoms in total. The Labute approximate surface area is 212 Å². The Hall–Kier alpha value is -3.45. The minimum absolute atomic E-state index is 0.767. The summed E-state index contributed by atoms with van der Waals surface area (Å²) in [6.45, 7) is 14.9. The quantitative estimate of drug-likeness (QED) is 0.207. The monoisotopic (exact) mass is 461 g/mol. The van der Waals surface area contributed by atoms with Crippen LogP contribution in [0.3, 0.4) is 0 Å². The molecule has 1 heteroatoms. The maximum Gasteiger partial charge on any atom is 0.0709 e. The smallest absolute Gasteiger partial charge is 0.0709 e. The van der Waals surface area contributed by atoms with E-state index in [0.29, 0.717) is 0 Å². The van der Waals surface area contributed by atoms with Crippen LogP contribution in [0.25, 0.3) is 35.0 Å². The Balaban J connectivity index is 1.80. The van der Waals surface area contributed by atoms with E-state index in [1.165, 1.54) is 47.9 Å². The Morgan fingerprint density at radius 2 is 1.66 bits per heavy atom. The second kappa shape index (κ2) is 13.4. The fourth-order valence-electron chi connectivity index (χ4n) is 4.23. The molecular formula is C34H39N. The van der Waals surface area contributed by atoms with Crippen molar-refractivity contribution in [3.8, 4) is 22.4 Å². The maximum absolute atomic E-state index is 4.82. The maximum atomic E-state index is 4.82. The van der Waals surface area contributed by atoms with Gasteiger partial charge in [0.1, 0.15) is 0 Å². The SMILES string of the molecule is C=C(/C=c1/ccc(-c2cccc(-c3ccc(CCCCCC)cc3)c2)nc1=C)/C(=C/C=C\C)CC. The molecule has 0 radical (unpaired) electrons. The zero-order chi connectivity index (χ0) is 25.0. The first-order chi connectivity index (χ1) is 17.0. The largest absolute Gasteiger partial charge is 0.248 e. The van der Waals surface area contributed by atoms with Crippen LogP contribution in [0.1, 0.15) is 58.4 Å². The summed E-state index contributed by atoms with van der Waals surface area (Å²) in [6.07, 6.45) is 15.6. The average Bonchev–Trinajstić information content (AvgIpc) is 2.88. The van der Waals surface area contributed by atoms with E-state index in [1.807, 2.05) is 13.0 Å². The molecule has 0 N–H and O–H groups in total. The summed E-state index contributed by atoms with van der Waals surface area (Å²) >= 11 is 0.